The van der Waals surface area contributed by atoms with Crippen LogP contribution in [0.25, 0.3) is 0 Å². The minimum Gasteiger partial charge on any atom is -0.362 e. The Morgan fingerprint density at radius 3 is 2.90 bits per heavy atom. The second-order valence-electron chi connectivity index (χ2n) is 4.70. The average molecular weight is 274 g/mol. The van der Waals surface area contributed by atoms with Gasteiger partial charge >= 0.3 is 0 Å². The number of nitrogens with one attached hydrogen (secondary N) is 1. The number of hydrogen-bond donors (Lipinski definition) is 1. The summed E-state index contributed by atoms with van der Waals surface area (Å²) in [7, 11) is 3.72. The van der Waals surface area contributed by atoms with Crippen LogP contribution in [-0.2, 0) is 6.42 Å². The number of aromatic nitrogens is 2. The molecule has 2 aromatic rings. The lowest BCUT2D eigenvalue weighted by atomic mass is 10.2. The van der Waals surface area contributed by atoms with E-state index in [0.29, 0.717) is 24.3 Å². The Bertz CT molecular complexity index is 592. The van der Waals surface area contributed by atoms with E-state index < -0.39 is 0 Å². The van der Waals surface area contributed by atoms with Crippen LogP contribution in [0.3, 0.4) is 0 Å². The lowest BCUT2D eigenvalue weighted by Gasteiger charge is -2.15. The van der Waals surface area contributed by atoms with Crippen LogP contribution in [0.4, 0.5) is 5.82 Å². The monoisotopic (exact) mass is 274 g/mol. The highest BCUT2D eigenvalue weighted by Crippen LogP contribution is 2.13. The highest BCUT2D eigenvalue weighted by Gasteiger charge is 2.13. The van der Waals surface area contributed by atoms with Crippen LogP contribution in [0.5, 0.6) is 0 Å². The third kappa shape index (κ3) is 3.34. The molecular weight excluding hydrogens is 256 g/mol. The molecule has 0 aliphatic carbocycles. The normalized spacial score (nSPS) is 10.3. The van der Waals surface area contributed by atoms with E-state index in [2.05, 4.69) is 15.5 Å². The first-order valence-corrected chi connectivity index (χ1v) is 6.40. The molecule has 2 rings (SSSR count). The summed E-state index contributed by atoms with van der Waals surface area (Å²) < 4.78 is 4.98. The first-order valence-electron chi connectivity index (χ1n) is 6.40. The zero-order chi connectivity index (χ0) is 14.5. The van der Waals surface area contributed by atoms with Crippen LogP contribution >= 0.6 is 0 Å². The fraction of sp³-hybridized carbons (Fsp3) is 0.357. The number of carbonyl (C=O) groups is 1. The zero-order valence-electron chi connectivity index (χ0n) is 11.9. The minimum absolute atomic E-state index is 0.137. The molecule has 2 aromatic heterocycles. The Labute approximate surface area is 117 Å². The molecule has 1 N–H and O–H groups in total. The third-order valence-corrected chi connectivity index (χ3v) is 2.80. The van der Waals surface area contributed by atoms with Gasteiger partial charge in [0, 0.05) is 39.3 Å². The van der Waals surface area contributed by atoms with Gasteiger partial charge in [0.05, 0.1) is 11.3 Å². The van der Waals surface area contributed by atoms with Gasteiger partial charge in [0.25, 0.3) is 5.91 Å². The maximum atomic E-state index is 12.1. The molecule has 0 aliphatic heterocycles. The van der Waals surface area contributed by atoms with Crippen molar-refractivity contribution in [3.05, 3.63) is 41.4 Å². The number of hydrogen-bond acceptors (Lipinski definition) is 5. The third-order valence-electron chi connectivity index (χ3n) is 2.80. The van der Waals surface area contributed by atoms with Crippen molar-refractivity contribution >= 4 is 11.7 Å². The van der Waals surface area contributed by atoms with Gasteiger partial charge in [0.15, 0.2) is 0 Å². The van der Waals surface area contributed by atoms with Gasteiger partial charge < -0.3 is 14.7 Å². The van der Waals surface area contributed by atoms with Crippen molar-refractivity contribution in [1.29, 1.82) is 0 Å². The molecule has 0 fully saturated rings. The average Bonchev–Trinajstić information content (AvgIpc) is 2.84. The van der Waals surface area contributed by atoms with Gasteiger partial charge in [-0.2, -0.15) is 0 Å². The number of carbonyl (C=O) groups excluding carboxylic acids is 1. The highest BCUT2D eigenvalue weighted by atomic mass is 16.5. The van der Waals surface area contributed by atoms with Crippen molar-refractivity contribution in [3.63, 3.8) is 0 Å². The molecule has 0 saturated carbocycles. The van der Waals surface area contributed by atoms with Crippen LogP contribution < -0.4 is 10.2 Å². The van der Waals surface area contributed by atoms with Crippen molar-refractivity contribution in [3.8, 4) is 0 Å². The number of amides is 1. The van der Waals surface area contributed by atoms with Crippen LogP contribution in [0.15, 0.2) is 28.9 Å². The molecule has 0 unspecified atom stereocenters. The fourth-order valence-corrected chi connectivity index (χ4v) is 1.87. The molecule has 1 amide bonds. The Morgan fingerprint density at radius 1 is 1.45 bits per heavy atom. The van der Waals surface area contributed by atoms with E-state index in [4.69, 9.17) is 4.52 Å². The molecule has 6 nitrogen and oxygen atoms in total. The Kier molecular flexibility index (Phi) is 4.34. The van der Waals surface area contributed by atoms with Crippen molar-refractivity contribution < 1.29 is 9.32 Å². The van der Waals surface area contributed by atoms with Crippen LogP contribution in [0.2, 0.25) is 0 Å². The lowest BCUT2D eigenvalue weighted by molar-refractivity contribution is 0.0954. The number of anilines is 1. The molecule has 0 atom stereocenters. The van der Waals surface area contributed by atoms with E-state index in [1.54, 1.807) is 18.3 Å². The van der Waals surface area contributed by atoms with Gasteiger partial charge in [-0.05, 0) is 19.1 Å². The molecule has 0 aliphatic rings. The number of nitrogens with zero attached hydrogens (tertiary/aromatic N) is 3. The van der Waals surface area contributed by atoms with Crippen molar-refractivity contribution in [2.24, 2.45) is 0 Å². The second kappa shape index (κ2) is 6.18. The van der Waals surface area contributed by atoms with E-state index >= 15 is 0 Å². The van der Waals surface area contributed by atoms with E-state index in [1.807, 2.05) is 32.0 Å². The molecule has 0 aromatic carbocycles. The summed E-state index contributed by atoms with van der Waals surface area (Å²) in [6, 6.07) is 5.38. The van der Waals surface area contributed by atoms with Gasteiger partial charge in [0.2, 0.25) is 0 Å². The zero-order valence-corrected chi connectivity index (χ0v) is 11.9. The molecule has 2 heterocycles. The number of rotatable bonds is 5. The number of aryl methyl sites for hydroxylation is 1. The fourth-order valence-electron chi connectivity index (χ4n) is 1.87. The van der Waals surface area contributed by atoms with Gasteiger partial charge in [-0.3, -0.25) is 4.79 Å². The maximum Gasteiger partial charge on any atom is 0.255 e. The maximum absolute atomic E-state index is 12.1. The van der Waals surface area contributed by atoms with Gasteiger partial charge in [-0.1, -0.05) is 5.16 Å². The molecule has 20 heavy (non-hydrogen) atoms. The number of pyridine rings is 1. The first-order chi connectivity index (χ1) is 9.58. The standard InChI is InChI=1S/C14H18N4O2/c1-10-9-11(17-20-10)6-8-16-14(19)12-5-4-7-15-13(12)18(2)3/h4-5,7,9H,6,8H2,1-3H3,(H,16,19). The van der Waals surface area contributed by atoms with Crippen molar-refractivity contribution in [2.45, 2.75) is 13.3 Å². The Balaban J connectivity index is 1.95. The Hall–Kier alpha value is -2.37. The van der Waals surface area contributed by atoms with E-state index in [-0.39, 0.29) is 5.91 Å². The van der Waals surface area contributed by atoms with Crippen LogP contribution in [0.1, 0.15) is 21.8 Å². The molecule has 0 bridgehead atoms. The van der Waals surface area contributed by atoms with E-state index in [9.17, 15) is 4.79 Å². The largest absolute Gasteiger partial charge is 0.362 e. The highest BCUT2D eigenvalue weighted by molar-refractivity contribution is 5.98. The van der Waals surface area contributed by atoms with Crippen molar-refractivity contribution in [1.82, 2.24) is 15.5 Å². The first kappa shape index (κ1) is 14.0. The predicted molar refractivity (Wildman–Crippen MR) is 75.8 cm³/mol. The van der Waals surface area contributed by atoms with Gasteiger partial charge in [0.1, 0.15) is 11.6 Å². The molecule has 6 heteroatoms. The summed E-state index contributed by atoms with van der Waals surface area (Å²) in [6.07, 6.45) is 2.31. The van der Waals surface area contributed by atoms with Gasteiger partial charge in [-0.15, -0.1) is 0 Å². The summed E-state index contributed by atoms with van der Waals surface area (Å²) in [5, 5.41) is 6.75. The Morgan fingerprint density at radius 2 is 2.25 bits per heavy atom. The molecule has 106 valence electrons. The predicted octanol–water partition coefficient (Wildman–Crippen LogP) is 1.42. The smallest absolute Gasteiger partial charge is 0.255 e. The molecule has 0 radical (unpaired) electrons. The summed E-state index contributed by atoms with van der Waals surface area (Å²) in [6.45, 7) is 2.35. The quantitative estimate of drug-likeness (QED) is 0.892. The van der Waals surface area contributed by atoms with Crippen molar-refractivity contribution in [2.75, 3.05) is 25.5 Å². The second-order valence-corrected chi connectivity index (χ2v) is 4.70. The van der Waals surface area contributed by atoms with E-state index in [1.165, 1.54) is 0 Å². The van der Waals surface area contributed by atoms with E-state index in [0.717, 1.165) is 11.5 Å². The summed E-state index contributed by atoms with van der Waals surface area (Å²) in [5.41, 5.74) is 1.40. The molecule has 0 spiro atoms. The topological polar surface area (TPSA) is 71.3 Å². The lowest BCUT2D eigenvalue weighted by Crippen LogP contribution is -2.28. The minimum atomic E-state index is -0.137. The van der Waals surface area contributed by atoms with Crippen LogP contribution in [0, 0.1) is 6.92 Å². The summed E-state index contributed by atoms with van der Waals surface area (Å²) in [5.74, 6) is 1.29. The summed E-state index contributed by atoms with van der Waals surface area (Å²) >= 11 is 0. The molecular formula is C14H18N4O2. The molecule has 0 saturated heterocycles. The SMILES string of the molecule is Cc1cc(CCNC(=O)c2cccnc2N(C)C)no1. The van der Waals surface area contributed by atoms with Gasteiger partial charge in [-0.25, -0.2) is 4.98 Å². The van der Waals surface area contributed by atoms with Crippen LogP contribution in [-0.4, -0.2) is 36.7 Å². The summed E-state index contributed by atoms with van der Waals surface area (Å²) in [4.78, 5) is 18.2.